The van der Waals surface area contributed by atoms with Crippen molar-refractivity contribution in [3.63, 3.8) is 0 Å². The third-order valence-electron chi connectivity index (χ3n) is 3.00. The first-order chi connectivity index (χ1) is 9.97. The largest absolute Gasteiger partial charge is 0.369 e. The van der Waals surface area contributed by atoms with Crippen LogP contribution in [-0.4, -0.2) is 19.5 Å². The highest BCUT2D eigenvalue weighted by molar-refractivity contribution is 5.85. The summed E-state index contributed by atoms with van der Waals surface area (Å²) < 4.78 is 41.0. The normalized spacial score (nSPS) is 10.7. The number of H-pyrrole nitrogens is 1. The van der Waals surface area contributed by atoms with Crippen LogP contribution in [0.2, 0.25) is 0 Å². The van der Waals surface area contributed by atoms with Crippen LogP contribution in [0.15, 0.2) is 23.3 Å². The minimum absolute atomic E-state index is 0. The molecule has 0 saturated heterocycles. The molecule has 0 bridgehead atoms. The highest BCUT2D eigenvalue weighted by atomic mass is 35.5. The summed E-state index contributed by atoms with van der Waals surface area (Å²) in [6.07, 6.45) is 1.25. The van der Waals surface area contributed by atoms with E-state index in [0.29, 0.717) is 12.1 Å². The fourth-order valence-electron chi connectivity index (χ4n) is 1.97. The van der Waals surface area contributed by atoms with Crippen molar-refractivity contribution in [3.8, 4) is 0 Å². The lowest BCUT2D eigenvalue weighted by molar-refractivity contribution is 0.515. The summed E-state index contributed by atoms with van der Waals surface area (Å²) in [6.45, 7) is -0.509. The molecule has 0 spiro atoms. The van der Waals surface area contributed by atoms with E-state index in [9.17, 15) is 18.0 Å². The van der Waals surface area contributed by atoms with Crippen LogP contribution >= 0.6 is 12.4 Å². The molecule has 0 atom stereocenters. The molecule has 0 amide bonds. The first kappa shape index (κ1) is 15.8. The van der Waals surface area contributed by atoms with Gasteiger partial charge in [0, 0.05) is 17.7 Å². The summed E-state index contributed by atoms with van der Waals surface area (Å²) >= 11 is 0. The van der Waals surface area contributed by atoms with Crippen molar-refractivity contribution in [2.45, 2.75) is 6.54 Å². The van der Waals surface area contributed by atoms with Crippen molar-refractivity contribution in [3.05, 3.63) is 51.8 Å². The van der Waals surface area contributed by atoms with Gasteiger partial charge in [-0.3, -0.25) is 9.36 Å². The van der Waals surface area contributed by atoms with Crippen molar-refractivity contribution in [2.75, 3.05) is 5.73 Å². The van der Waals surface area contributed by atoms with Crippen LogP contribution in [0.25, 0.3) is 11.2 Å². The number of halogens is 4. The lowest BCUT2D eigenvalue weighted by atomic mass is 10.2. The topological polar surface area (TPSA) is 89.6 Å². The average molecular weight is 332 g/mol. The molecule has 3 rings (SSSR count). The predicted octanol–water partition coefficient (Wildman–Crippen LogP) is 1.59. The van der Waals surface area contributed by atoms with Crippen LogP contribution < -0.4 is 11.3 Å². The molecule has 6 nitrogen and oxygen atoms in total. The number of rotatable bonds is 2. The Morgan fingerprint density at radius 3 is 2.50 bits per heavy atom. The summed E-state index contributed by atoms with van der Waals surface area (Å²) in [5.74, 6) is -3.51. The van der Waals surface area contributed by atoms with Crippen LogP contribution in [0, 0.1) is 17.5 Å². The number of anilines is 1. The number of nitrogen functional groups attached to an aromatic ring is 1. The van der Waals surface area contributed by atoms with E-state index < -0.39 is 35.1 Å². The minimum atomic E-state index is -1.11. The number of benzene rings is 1. The van der Waals surface area contributed by atoms with Crippen LogP contribution in [0.1, 0.15) is 5.56 Å². The number of aromatic amines is 1. The molecule has 0 aliphatic heterocycles. The van der Waals surface area contributed by atoms with Crippen LogP contribution in [-0.2, 0) is 6.54 Å². The van der Waals surface area contributed by atoms with Crippen molar-refractivity contribution >= 4 is 29.5 Å². The van der Waals surface area contributed by atoms with Crippen LogP contribution in [0.5, 0.6) is 0 Å². The first-order valence-electron chi connectivity index (χ1n) is 5.80. The van der Waals surface area contributed by atoms with Gasteiger partial charge in [0.25, 0.3) is 5.56 Å². The van der Waals surface area contributed by atoms with E-state index in [4.69, 9.17) is 5.73 Å². The van der Waals surface area contributed by atoms with Crippen LogP contribution in [0.4, 0.5) is 19.1 Å². The monoisotopic (exact) mass is 331 g/mol. The van der Waals surface area contributed by atoms with Gasteiger partial charge < -0.3 is 10.7 Å². The molecule has 0 aliphatic rings. The lowest BCUT2D eigenvalue weighted by Crippen LogP contribution is -2.26. The molecule has 0 radical (unpaired) electrons. The number of nitrogens with two attached hydrogens (primary N) is 1. The van der Waals surface area contributed by atoms with Gasteiger partial charge in [-0.15, -0.1) is 12.4 Å². The van der Waals surface area contributed by atoms with Gasteiger partial charge in [0.15, 0.2) is 11.2 Å². The SMILES string of the molecule is Cl.Nc1nc2nc[nH]c2c(=O)n1Cc1c(F)cc(F)cc1F. The maximum atomic E-state index is 13.6. The molecule has 0 unspecified atom stereocenters. The number of fused-ring (bicyclic) bond motifs is 1. The number of nitrogens with one attached hydrogen (secondary N) is 1. The zero-order valence-corrected chi connectivity index (χ0v) is 11.6. The Morgan fingerprint density at radius 2 is 1.86 bits per heavy atom. The quantitative estimate of drug-likeness (QED) is 0.746. The molecule has 2 aromatic heterocycles. The van der Waals surface area contributed by atoms with Crippen molar-refractivity contribution in [1.29, 1.82) is 0 Å². The third-order valence-corrected chi connectivity index (χ3v) is 3.00. The van der Waals surface area contributed by atoms with E-state index in [0.717, 1.165) is 4.57 Å². The fraction of sp³-hybridized carbons (Fsp3) is 0.0833. The van der Waals surface area contributed by atoms with Crippen molar-refractivity contribution in [2.24, 2.45) is 0 Å². The first-order valence-corrected chi connectivity index (χ1v) is 5.80. The predicted molar refractivity (Wildman–Crippen MR) is 75.2 cm³/mol. The Balaban J connectivity index is 0.00000176. The summed E-state index contributed by atoms with van der Waals surface area (Å²) in [5.41, 5.74) is 4.66. The van der Waals surface area contributed by atoms with Gasteiger partial charge >= 0.3 is 0 Å². The van der Waals surface area contributed by atoms with Gasteiger partial charge in [-0.05, 0) is 0 Å². The molecule has 3 aromatic rings. The van der Waals surface area contributed by atoms with Gasteiger partial charge in [-0.25, -0.2) is 18.2 Å². The Hall–Kier alpha value is -2.55. The molecule has 10 heteroatoms. The molecular formula is C12H9ClF3N5O. The highest BCUT2D eigenvalue weighted by Crippen LogP contribution is 2.17. The van der Waals surface area contributed by atoms with E-state index in [1.807, 2.05) is 0 Å². The number of hydrogen-bond donors (Lipinski definition) is 2. The van der Waals surface area contributed by atoms with E-state index >= 15 is 0 Å². The molecular weight excluding hydrogens is 323 g/mol. The Kier molecular flexibility index (Phi) is 4.09. The molecule has 1 aromatic carbocycles. The number of imidazole rings is 1. The van der Waals surface area contributed by atoms with Gasteiger partial charge in [-0.1, -0.05) is 0 Å². The molecule has 22 heavy (non-hydrogen) atoms. The summed E-state index contributed by atoms with van der Waals surface area (Å²) in [4.78, 5) is 22.4. The van der Waals surface area contributed by atoms with E-state index in [2.05, 4.69) is 15.0 Å². The van der Waals surface area contributed by atoms with E-state index in [-0.39, 0.29) is 29.5 Å². The maximum absolute atomic E-state index is 13.6. The number of aromatic nitrogens is 4. The third kappa shape index (κ3) is 2.50. The Labute approximate surface area is 127 Å². The summed E-state index contributed by atoms with van der Waals surface area (Å²) in [5, 5.41) is 0. The van der Waals surface area contributed by atoms with Crippen LogP contribution in [0.3, 0.4) is 0 Å². The van der Waals surface area contributed by atoms with Crippen molar-refractivity contribution < 1.29 is 13.2 Å². The average Bonchev–Trinajstić information content (AvgIpc) is 2.85. The second-order valence-electron chi connectivity index (χ2n) is 4.31. The van der Waals surface area contributed by atoms with Gasteiger partial charge in [0.05, 0.1) is 12.9 Å². The molecule has 0 saturated carbocycles. The van der Waals surface area contributed by atoms with E-state index in [1.165, 1.54) is 6.33 Å². The molecule has 3 N–H and O–H groups in total. The van der Waals surface area contributed by atoms with Gasteiger partial charge in [0.1, 0.15) is 17.5 Å². The second kappa shape index (κ2) is 5.68. The van der Waals surface area contributed by atoms with Gasteiger partial charge in [-0.2, -0.15) is 4.98 Å². The molecule has 116 valence electrons. The molecule has 0 fully saturated rings. The number of nitrogens with zero attached hydrogens (tertiary/aromatic N) is 3. The van der Waals surface area contributed by atoms with E-state index in [1.54, 1.807) is 0 Å². The van der Waals surface area contributed by atoms with Gasteiger partial charge in [0.2, 0.25) is 5.95 Å². The number of hydrogen-bond acceptors (Lipinski definition) is 4. The highest BCUT2D eigenvalue weighted by Gasteiger charge is 2.16. The standard InChI is InChI=1S/C12H8F3N5O.ClH/c13-5-1-7(14)6(8(15)2-5)3-20-11(21)9-10(18-4-17-9)19-12(20)16;/h1-2,4H,3H2,(H2,16,19)(H,17,18);1H. The summed E-state index contributed by atoms with van der Waals surface area (Å²) in [6, 6.07) is 1.06. The Bertz CT molecular complexity index is 884. The smallest absolute Gasteiger partial charge is 0.281 e. The fourth-order valence-corrected chi connectivity index (χ4v) is 1.97. The maximum Gasteiger partial charge on any atom is 0.281 e. The zero-order chi connectivity index (χ0) is 15.1. The Morgan fingerprint density at radius 1 is 1.23 bits per heavy atom. The summed E-state index contributed by atoms with van der Waals surface area (Å²) in [7, 11) is 0. The molecule has 2 heterocycles. The second-order valence-corrected chi connectivity index (χ2v) is 4.31. The van der Waals surface area contributed by atoms with Crippen molar-refractivity contribution in [1.82, 2.24) is 19.5 Å². The minimum Gasteiger partial charge on any atom is -0.369 e. The zero-order valence-electron chi connectivity index (χ0n) is 10.8. The molecule has 0 aliphatic carbocycles. The lowest BCUT2D eigenvalue weighted by Gasteiger charge is -2.10.